The highest BCUT2D eigenvalue weighted by Gasteiger charge is 2.24. The van der Waals surface area contributed by atoms with Crippen molar-refractivity contribution in [3.63, 3.8) is 0 Å². The monoisotopic (exact) mass is 393 g/mol. The quantitative estimate of drug-likeness (QED) is 0.712. The summed E-state index contributed by atoms with van der Waals surface area (Å²) in [6.45, 7) is 5.31. The van der Waals surface area contributed by atoms with Crippen molar-refractivity contribution in [2.24, 2.45) is 0 Å². The van der Waals surface area contributed by atoms with Gasteiger partial charge in [-0.1, -0.05) is 6.07 Å². The largest absolute Gasteiger partial charge is 0.343 e. The van der Waals surface area contributed by atoms with E-state index < -0.39 is 0 Å². The highest BCUT2D eigenvalue weighted by molar-refractivity contribution is 7.15. The number of carbonyl (C=O) groups is 1. The lowest BCUT2D eigenvalue weighted by molar-refractivity contribution is -0.129. The lowest BCUT2D eigenvalue weighted by atomic mass is 9.97. The van der Waals surface area contributed by atoms with Crippen LogP contribution >= 0.6 is 11.3 Å². The van der Waals surface area contributed by atoms with E-state index in [1.165, 1.54) is 0 Å². The van der Waals surface area contributed by atoms with Crippen LogP contribution in [0, 0.1) is 6.92 Å². The van der Waals surface area contributed by atoms with E-state index in [-0.39, 0.29) is 5.91 Å². The number of aryl methyl sites for hydroxylation is 1. The highest BCUT2D eigenvalue weighted by atomic mass is 32.1. The maximum atomic E-state index is 11.5. The predicted molar refractivity (Wildman–Crippen MR) is 112 cm³/mol. The van der Waals surface area contributed by atoms with Crippen molar-refractivity contribution in [1.82, 2.24) is 19.9 Å². The Morgan fingerprint density at radius 1 is 1.18 bits per heavy atom. The Kier molecular flexibility index (Phi) is 5.34. The third-order valence-corrected chi connectivity index (χ3v) is 6.17. The Morgan fingerprint density at radius 2 is 2.00 bits per heavy atom. The fourth-order valence-corrected chi connectivity index (χ4v) is 4.47. The Morgan fingerprint density at radius 3 is 2.75 bits per heavy atom. The summed E-state index contributed by atoms with van der Waals surface area (Å²) in [5, 5.41) is 4.40. The molecule has 1 N–H and O–H groups in total. The van der Waals surface area contributed by atoms with E-state index in [1.54, 1.807) is 24.5 Å². The second-order valence-corrected chi connectivity index (χ2v) is 8.16. The summed E-state index contributed by atoms with van der Waals surface area (Å²) in [5.41, 5.74) is 2.05. The van der Waals surface area contributed by atoms with E-state index >= 15 is 0 Å². The summed E-state index contributed by atoms with van der Waals surface area (Å²) >= 11 is 1.70. The molecule has 6 nitrogen and oxygen atoms in total. The molecular weight excluding hydrogens is 370 g/mol. The van der Waals surface area contributed by atoms with Crippen LogP contribution in [0.4, 0.5) is 11.6 Å². The number of piperidine rings is 1. The Bertz CT molecular complexity index is 978. The van der Waals surface area contributed by atoms with Gasteiger partial charge in [0.1, 0.15) is 11.6 Å². The zero-order valence-electron chi connectivity index (χ0n) is 16.1. The van der Waals surface area contributed by atoms with Crippen LogP contribution in [0.1, 0.15) is 36.3 Å². The zero-order chi connectivity index (χ0) is 19.5. The summed E-state index contributed by atoms with van der Waals surface area (Å²) in [5.74, 6) is 2.13. The Balaban J connectivity index is 1.47. The van der Waals surface area contributed by atoms with Gasteiger partial charge in [0, 0.05) is 38.3 Å². The van der Waals surface area contributed by atoms with Crippen LogP contribution < -0.4 is 5.32 Å². The third kappa shape index (κ3) is 4.20. The molecule has 4 rings (SSSR count). The van der Waals surface area contributed by atoms with Gasteiger partial charge in [0.2, 0.25) is 5.91 Å². The first-order valence-electron chi connectivity index (χ1n) is 9.47. The highest BCUT2D eigenvalue weighted by Crippen LogP contribution is 2.34. The molecule has 0 bridgehead atoms. The van der Waals surface area contributed by atoms with Gasteiger partial charge in [-0.05, 0) is 49.6 Å². The van der Waals surface area contributed by atoms with E-state index in [2.05, 4.69) is 15.3 Å². The van der Waals surface area contributed by atoms with Crippen molar-refractivity contribution in [2.45, 2.75) is 32.6 Å². The van der Waals surface area contributed by atoms with Gasteiger partial charge in [0.15, 0.2) is 0 Å². The smallest absolute Gasteiger partial charge is 0.219 e. The average molecular weight is 394 g/mol. The lowest BCUT2D eigenvalue weighted by Crippen LogP contribution is -2.36. The molecule has 0 aliphatic carbocycles. The maximum Gasteiger partial charge on any atom is 0.219 e. The van der Waals surface area contributed by atoms with E-state index in [0.717, 1.165) is 58.7 Å². The first-order chi connectivity index (χ1) is 13.6. The number of aromatic nitrogens is 3. The second-order valence-electron chi connectivity index (χ2n) is 7.09. The van der Waals surface area contributed by atoms with Gasteiger partial charge in [-0.3, -0.25) is 4.79 Å². The first-order valence-corrected chi connectivity index (χ1v) is 10.3. The number of nitrogens with one attached hydrogen (secondary N) is 1. The maximum absolute atomic E-state index is 11.5. The average Bonchev–Trinajstić information content (AvgIpc) is 3.19. The normalized spacial score (nSPS) is 14.9. The molecule has 1 amide bonds. The van der Waals surface area contributed by atoms with E-state index in [9.17, 15) is 4.79 Å². The molecule has 0 radical (unpaired) electrons. The van der Waals surface area contributed by atoms with E-state index in [4.69, 9.17) is 4.98 Å². The number of hydrogen-bond acceptors (Lipinski definition) is 6. The van der Waals surface area contributed by atoms with Gasteiger partial charge in [-0.2, -0.15) is 0 Å². The van der Waals surface area contributed by atoms with Crippen LogP contribution in [0.25, 0.3) is 10.6 Å². The summed E-state index contributed by atoms with van der Waals surface area (Å²) in [7, 11) is 0. The summed E-state index contributed by atoms with van der Waals surface area (Å²) in [6.07, 6.45) is 5.64. The van der Waals surface area contributed by atoms with Gasteiger partial charge in [-0.25, -0.2) is 15.0 Å². The summed E-state index contributed by atoms with van der Waals surface area (Å²) in [4.78, 5) is 28.2. The molecule has 1 aliphatic heterocycles. The van der Waals surface area contributed by atoms with Crippen molar-refractivity contribution >= 4 is 28.9 Å². The molecule has 28 heavy (non-hydrogen) atoms. The molecule has 0 aromatic carbocycles. The molecule has 1 fully saturated rings. The number of pyridine rings is 2. The Labute approximate surface area is 168 Å². The van der Waals surface area contributed by atoms with Gasteiger partial charge in [0.05, 0.1) is 15.6 Å². The standard InChI is InChI=1S/C21H23N5OS/c1-14-6-9-22-20(12-14)25-19-5-3-4-17(24-19)18-13-23-21(28-18)16-7-10-26(11-8-16)15(2)27/h3-6,9,12-13,16H,7-8,10-11H2,1-2H3,(H,22,24,25). The van der Waals surface area contributed by atoms with Crippen LogP contribution in [0.5, 0.6) is 0 Å². The number of nitrogens with zero attached hydrogens (tertiary/aromatic N) is 4. The van der Waals surface area contributed by atoms with Crippen molar-refractivity contribution in [1.29, 1.82) is 0 Å². The number of carbonyl (C=O) groups excluding carboxylic acids is 1. The molecular formula is C21H23N5OS. The minimum absolute atomic E-state index is 0.162. The minimum Gasteiger partial charge on any atom is -0.343 e. The van der Waals surface area contributed by atoms with Crippen molar-refractivity contribution in [3.8, 4) is 10.6 Å². The molecule has 3 aromatic heterocycles. The van der Waals surface area contributed by atoms with Gasteiger partial charge >= 0.3 is 0 Å². The van der Waals surface area contributed by atoms with Gasteiger partial charge in [-0.15, -0.1) is 11.3 Å². The zero-order valence-corrected chi connectivity index (χ0v) is 16.9. The van der Waals surface area contributed by atoms with Crippen LogP contribution in [-0.2, 0) is 4.79 Å². The molecule has 0 spiro atoms. The van der Waals surface area contributed by atoms with Crippen molar-refractivity contribution in [2.75, 3.05) is 18.4 Å². The minimum atomic E-state index is 0.162. The predicted octanol–water partition coefficient (Wildman–Crippen LogP) is 4.38. The molecule has 3 aromatic rings. The van der Waals surface area contributed by atoms with Gasteiger partial charge < -0.3 is 10.2 Å². The number of hydrogen-bond donors (Lipinski definition) is 1. The number of anilines is 2. The SMILES string of the molecule is CC(=O)N1CCC(c2ncc(-c3cccc(Nc4cc(C)ccn4)n3)s2)CC1. The molecule has 1 saturated heterocycles. The number of rotatable bonds is 4. The van der Waals surface area contributed by atoms with Crippen LogP contribution in [0.15, 0.2) is 42.7 Å². The van der Waals surface area contributed by atoms with Crippen molar-refractivity contribution in [3.05, 3.63) is 53.3 Å². The molecule has 144 valence electrons. The number of thiazole rings is 1. The third-order valence-electron chi connectivity index (χ3n) is 4.99. The fourth-order valence-electron chi connectivity index (χ4n) is 3.41. The topological polar surface area (TPSA) is 71.0 Å². The molecule has 0 unspecified atom stereocenters. The van der Waals surface area contributed by atoms with Crippen LogP contribution in [0.2, 0.25) is 0 Å². The fraction of sp³-hybridized carbons (Fsp3) is 0.333. The van der Waals surface area contributed by atoms with Gasteiger partial charge in [0.25, 0.3) is 0 Å². The first kappa shape index (κ1) is 18.6. The summed E-state index contributed by atoms with van der Waals surface area (Å²) in [6, 6.07) is 9.89. The van der Waals surface area contributed by atoms with Crippen molar-refractivity contribution < 1.29 is 4.79 Å². The lowest BCUT2D eigenvalue weighted by Gasteiger charge is -2.30. The van der Waals surface area contributed by atoms with Crippen LogP contribution in [-0.4, -0.2) is 38.8 Å². The van der Waals surface area contributed by atoms with Crippen LogP contribution in [0.3, 0.4) is 0 Å². The molecule has 0 saturated carbocycles. The Hall–Kier alpha value is -2.80. The van der Waals surface area contributed by atoms with E-state index in [0.29, 0.717) is 5.92 Å². The summed E-state index contributed by atoms with van der Waals surface area (Å²) < 4.78 is 0. The molecule has 4 heterocycles. The molecule has 1 aliphatic rings. The molecule has 7 heteroatoms. The number of amides is 1. The number of likely N-dealkylation sites (tertiary alicyclic amines) is 1. The van der Waals surface area contributed by atoms with E-state index in [1.807, 2.05) is 48.4 Å². The second kappa shape index (κ2) is 8.06. The molecule has 0 atom stereocenters.